The molecule has 0 aromatic heterocycles. The molecule has 3 heterocycles. The second-order valence-electron chi connectivity index (χ2n) is 11.1. The van der Waals surface area contributed by atoms with Crippen LogP contribution < -0.4 is 10.6 Å². The van der Waals surface area contributed by atoms with Crippen LogP contribution in [0.3, 0.4) is 0 Å². The Morgan fingerprint density at radius 1 is 1.11 bits per heavy atom. The Bertz CT molecular complexity index is 1240. The largest absolute Gasteiger partial charge is 0.394 e. The zero-order chi connectivity index (χ0) is 27.2. The van der Waals surface area contributed by atoms with Gasteiger partial charge in [0.15, 0.2) is 0 Å². The van der Waals surface area contributed by atoms with Gasteiger partial charge in [0.05, 0.1) is 40.8 Å². The number of fused-ring (bicyclic) bond motifs is 1. The van der Waals surface area contributed by atoms with E-state index in [4.69, 9.17) is 16.3 Å². The molecule has 3 N–H and O–H groups in total. The lowest BCUT2D eigenvalue weighted by Crippen LogP contribution is -2.57. The molecule has 3 aliphatic heterocycles. The topological polar surface area (TPSA) is 108 Å². The number of carbonyl (C=O) groups excluding carboxylic acids is 3. The van der Waals surface area contributed by atoms with Crippen LogP contribution in [0.4, 0.5) is 5.69 Å². The Labute approximate surface area is 227 Å². The lowest BCUT2D eigenvalue weighted by molar-refractivity contribution is -0.149. The molecule has 3 aliphatic rings. The molecule has 38 heavy (non-hydrogen) atoms. The molecule has 0 radical (unpaired) electrons. The SMILES string of the molecule is CC(C)[C@H](CO)N1C(=O)[C@@H]2[C@@H](C(=O)NCc3ccccc3)[C@@]3(C)CCC2(O3)C1C(=O)Nc1ccccc1Cl. The molecule has 9 heteroatoms. The average molecular weight is 540 g/mol. The third kappa shape index (κ3) is 4.19. The van der Waals surface area contributed by atoms with E-state index in [0.29, 0.717) is 30.1 Å². The summed E-state index contributed by atoms with van der Waals surface area (Å²) in [5, 5.41) is 16.6. The maximum atomic E-state index is 14.2. The zero-order valence-electron chi connectivity index (χ0n) is 21.8. The van der Waals surface area contributed by atoms with Crippen molar-refractivity contribution in [3.05, 3.63) is 65.2 Å². The van der Waals surface area contributed by atoms with E-state index in [0.717, 1.165) is 5.56 Å². The number of aliphatic hydroxyl groups excluding tert-OH is 1. The molecule has 2 unspecified atom stereocenters. The molecule has 2 aromatic carbocycles. The van der Waals surface area contributed by atoms with E-state index in [1.807, 2.05) is 51.1 Å². The summed E-state index contributed by atoms with van der Waals surface area (Å²) in [5.74, 6) is -2.78. The minimum Gasteiger partial charge on any atom is -0.394 e. The second kappa shape index (κ2) is 9.98. The van der Waals surface area contributed by atoms with Gasteiger partial charge in [0.1, 0.15) is 11.6 Å². The molecule has 3 amide bonds. The van der Waals surface area contributed by atoms with Crippen molar-refractivity contribution in [2.75, 3.05) is 11.9 Å². The number of halogens is 1. The Balaban J connectivity index is 1.51. The molecule has 3 saturated heterocycles. The first kappa shape index (κ1) is 26.7. The highest BCUT2D eigenvalue weighted by molar-refractivity contribution is 6.33. The molecular weight excluding hydrogens is 506 g/mol. The first-order valence-electron chi connectivity index (χ1n) is 13.1. The van der Waals surface area contributed by atoms with E-state index < -0.39 is 41.0 Å². The van der Waals surface area contributed by atoms with Gasteiger partial charge in [0.2, 0.25) is 17.7 Å². The monoisotopic (exact) mass is 539 g/mol. The quantitative estimate of drug-likeness (QED) is 0.477. The lowest BCUT2D eigenvalue weighted by Gasteiger charge is -2.38. The highest BCUT2D eigenvalue weighted by atomic mass is 35.5. The number of nitrogens with one attached hydrogen (secondary N) is 2. The highest BCUT2D eigenvalue weighted by Gasteiger charge is 2.78. The second-order valence-corrected chi connectivity index (χ2v) is 11.5. The van der Waals surface area contributed by atoms with Crippen molar-refractivity contribution in [1.82, 2.24) is 10.2 Å². The van der Waals surface area contributed by atoms with Crippen molar-refractivity contribution in [3.63, 3.8) is 0 Å². The van der Waals surface area contributed by atoms with E-state index >= 15 is 0 Å². The number of carbonyl (C=O) groups is 3. The van der Waals surface area contributed by atoms with Crippen LogP contribution in [0.5, 0.6) is 0 Å². The normalized spacial score (nSPS) is 30.4. The van der Waals surface area contributed by atoms with Crippen molar-refractivity contribution in [2.45, 2.75) is 63.4 Å². The summed E-state index contributed by atoms with van der Waals surface area (Å²) >= 11 is 6.32. The van der Waals surface area contributed by atoms with E-state index in [1.165, 1.54) is 4.90 Å². The number of anilines is 1. The van der Waals surface area contributed by atoms with Crippen LogP contribution in [-0.4, -0.2) is 57.6 Å². The maximum absolute atomic E-state index is 14.2. The number of likely N-dealkylation sites (tertiary alicyclic amines) is 1. The van der Waals surface area contributed by atoms with E-state index in [1.54, 1.807) is 24.3 Å². The predicted molar refractivity (Wildman–Crippen MR) is 143 cm³/mol. The molecule has 3 fully saturated rings. The molecule has 0 aliphatic carbocycles. The lowest BCUT2D eigenvalue weighted by atomic mass is 9.66. The fourth-order valence-electron chi connectivity index (χ4n) is 6.70. The standard InChI is InChI=1S/C29H34ClN3O5/c1-17(2)21(16-34)33-24(26(36)32-20-12-8-7-11-19(20)30)29-14-13-28(3,38-29)22(23(29)27(33)37)25(35)31-15-18-9-5-4-6-10-18/h4-12,17,21-24,34H,13-16H2,1-3H3,(H,31,35)(H,32,36)/t21-,22-,23-,24?,28+,29?/m0/s1. The van der Waals surface area contributed by atoms with Crippen LogP contribution in [0.25, 0.3) is 0 Å². The van der Waals surface area contributed by atoms with Gasteiger partial charge in [-0.1, -0.05) is 67.9 Å². The number of para-hydroxylation sites is 1. The molecule has 5 rings (SSSR count). The summed E-state index contributed by atoms with van der Waals surface area (Å²) in [6, 6.07) is 14.8. The summed E-state index contributed by atoms with van der Waals surface area (Å²) in [6.07, 6.45) is 0.991. The summed E-state index contributed by atoms with van der Waals surface area (Å²) < 4.78 is 6.64. The minimum absolute atomic E-state index is 0.132. The van der Waals surface area contributed by atoms with E-state index in [-0.39, 0.29) is 24.3 Å². The molecule has 202 valence electrons. The Hall–Kier alpha value is -2.94. The van der Waals surface area contributed by atoms with E-state index in [9.17, 15) is 19.5 Å². The number of hydrogen-bond acceptors (Lipinski definition) is 5. The van der Waals surface area contributed by atoms with Gasteiger partial charge in [-0.05, 0) is 43.4 Å². The number of rotatable bonds is 8. The average Bonchev–Trinajstić information content (AvgIpc) is 3.46. The predicted octanol–water partition coefficient (Wildman–Crippen LogP) is 3.38. The number of ether oxygens (including phenoxy) is 1. The molecule has 0 saturated carbocycles. The third-order valence-electron chi connectivity index (χ3n) is 8.50. The van der Waals surface area contributed by atoms with Gasteiger partial charge < -0.3 is 25.4 Å². The van der Waals surface area contributed by atoms with Crippen molar-refractivity contribution in [2.24, 2.45) is 17.8 Å². The van der Waals surface area contributed by atoms with Gasteiger partial charge in [-0.15, -0.1) is 0 Å². The van der Waals surface area contributed by atoms with Crippen molar-refractivity contribution in [3.8, 4) is 0 Å². The first-order chi connectivity index (χ1) is 18.1. The van der Waals surface area contributed by atoms with E-state index in [2.05, 4.69) is 10.6 Å². The Morgan fingerprint density at radius 2 is 1.79 bits per heavy atom. The number of nitrogens with zero attached hydrogens (tertiary/aromatic N) is 1. The van der Waals surface area contributed by atoms with Crippen LogP contribution >= 0.6 is 11.6 Å². The van der Waals surface area contributed by atoms with Crippen molar-refractivity contribution >= 4 is 35.0 Å². The van der Waals surface area contributed by atoms with Crippen LogP contribution in [0.1, 0.15) is 39.2 Å². The van der Waals surface area contributed by atoms with Gasteiger partial charge in [0, 0.05) is 6.54 Å². The summed E-state index contributed by atoms with van der Waals surface area (Å²) in [7, 11) is 0. The van der Waals surface area contributed by atoms with Crippen LogP contribution in [0, 0.1) is 17.8 Å². The van der Waals surface area contributed by atoms with Crippen LogP contribution in [0.15, 0.2) is 54.6 Å². The third-order valence-corrected chi connectivity index (χ3v) is 8.83. The van der Waals surface area contributed by atoms with Gasteiger partial charge in [-0.2, -0.15) is 0 Å². The number of amides is 3. The maximum Gasteiger partial charge on any atom is 0.250 e. The molecule has 2 aromatic rings. The van der Waals surface area contributed by atoms with Gasteiger partial charge >= 0.3 is 0 Å². The molecule has 6 atom stereocenters. The smallest absolute Gasteiger partial charge is 0.250 e. The summed E-state index contributed by atoms with van der Waals surface area (Å²) in [6.45, 7) is 5.66. The van der Waals surface area contributed by atoms with Gasteiger partial charge in [0.25, 0.3) is 0 Å². The minimum atomic E-state index is -1.19. The number of benzene rings is 2. The number of hydrogen-bond donors (Lipinski definition) is 3. The summed E-state index contributed by atoms with van der Waals surface area (Å²) in [5.41, 5.74) is -0.703. The van der Waals surface area contributed by atoms with Crippen molar-refractivity contribution < 1.29 is 24.2 Å². The van der Waals surface area contributed by atoms with Crippen LogP contribution in [0.2, 0.25) is 5.02 Å². The molecule has 8 nitrogen and oxygen atoms in total. The molecule has 2 bridgehead atoms. The Morgan fingerprint density at radius 3 is 2.45 bits per heavy atom. The molecular formula is C29H34ClN3O5. The fourth-order valence-corrected chi connectivity index (χ4v) is 6.88. The Kier molecular flexibility index (Phi) is 7.00. The van der Waals surface area contributed by atoms with Crippen LogP contribution in [-0.2, 0) is 25.7 Å². The fraction of sp³-hybridized carbons (Fsp3) is 0.483. The summed E-state index contributed by atoms with van der Waals surface area (Å²) in [4.78, 5) is 43.3. The van der Waals surface area contributed by atoms with Crippen molar-refractivity contribution in [1.29, 1.82) is 0 Å². The number of aliphatic hydroxyl groups is 1. The molecule has 1 spiro atoms. The highest BCUT2D eigenvalue weighted by Crippen LogP contribution is 2.63. The zero-order valence-corrected chi connectivity index (χ0v) is 22.6. The van der Waals surface area contributed by atoms with Gasteiger partial charge in [-0.3, -0.25) is 14.4 Å². The first-order valence-corrected chi connectivity index (χ1v) is 13.5. The van der Waals surface area contributed by atoms with Gasteiger partial charge in [-0.25, -0.2) is 0 Å².